The zero-order chi connectivity index (χ0) is 19.6. The average Bonchev–Trinajstić information content (AvgIpc) is 3.17. The van der Waals surface area contributed by atoms with E-state index in [1.165, 1.54) is 5.57 Å². The van der Waals surface area contributed by atoms with E-state index in [4.69, 9.17) is 10.7 Å². The molecule has 2 aliphatic rings. The number of H-pyrrole nitrogens is 1. The average molecular weight is 383 g/mol. The standard InChI is InChI=1S/C24H25N5/c25-20-8-2-1-6-18(20)15-29(16-24-27-22-9-3-4-10-23(22)28-24)19-11-12-21-17(14-19)7-5-13-26-21/h1-10,13-14,19,21H,11-12,15-16,25H2,(H,27,28). The molecule has 1 aromatic heterocycles. The minimum Gasteiger partial charge on any atom is -0.398 e. The van der Waals surface area contributed by atoms with Crippen LogP contribution in [-0.2, 0) is 13.1 Å². The Kier molecular flexibility index (Phi) is 4.74. The van der Waals surface area contributed by atoms with Crippen molar-refractivity contribution in [3.8, 4) is 0 Å². The number of fused-ring (bicyclic) bond motifs is 2. The van der Waals surface area contributed by atoms with Crippen molar-refractivity contribution in [2.75, 3.05) is 5.73 Å². The second kappa shape index (κ2) is 7.68. The van der Waals surface area contributed by atoms with Crippen LogP contribution in [0, 0.1) is 0 Å². The van der Waals surface area contributed by atoms with Crippen molar-refractivity contribution in [3.63, 3.8) is 0 Å². The first-order chi connectivity index (χ1) is 14.3. The highest BCUT2D eigenvalue weighted by molar-refractivity contribution is 5.75. The van der Waals surface area contributed by atoms with Crippen LogP contribution < -0.4 is 5.73 Å². The van der Waals surface area contributed by atoms with Crippen molar-refractivity contribution in [2.24, 2.45) is 4.99 Å². The molecule has 0 spiro atoms. The van der Waals surface area contributed by atoms with Crippen molar-refractivity contribution in [1.82, 2.24) is 14.9 Å². The lowest BCUT2D eigenvalue weighted by Crippen LogP contribution is -2.37. The number of benzene rings is 2. The van der Waals surface area contributed by atoms with Gasteiger partial charge in [0.15, 0.2) is 0 Å². The third-order valence-electron chi connectivity index (χ3n) is 5.84. The highest BCUT2D eigenvalue weighted by Crippen LogP contribution is 2.29. The second-order valence-corrected chi connectivity index (χ2v) is 7.79. The lowest BCUT2D eigenvalue weighted by molar-refractivity contribution is 0.189. The molecule has 0 saturated heterocycles. The summed E-state index contributed by atoms with van der Waals surface area (Å²) < 4.78 is 0. The molecular weight excluding hydrogens is 358 g/mol. The van der Waals surface area contributed by atoms with Gasteiger partial charge in [-0.15, -0.1) is 0 Å². The molecule has 5 heteroatoms. The molecule has 2 atom stereocenters. The number of nitrogen functional groups attached to an aromatic ring is 1. The Morgan fingerprint density at radius 3 is 2.79 bits per heavy atom. The SMILES string of the molecule is Nc1ccccc1CN(Cc1nc2ccccc2[nH]1)C1C=C2C=CC=NC2CC1. The first-order valence-corrected chi connectivity index (χ1v) is 10.2. The van der Waals surface area contributed by atoms with Gasteiger partial charge in [0.1, 0.15) is 5.82 Å². The molecule has 2 aromatic carbocycles. The van der Waals surface area contributed by atoms with E-state index in [0.717, 1.165) is 54.0 Å². The molecule has 146 valence electrons. The van der Waals surface area contributed by atoms with Gasteiger partial charge in [-0.2, -0.15) is 0 Å². The van der Waals surface area contributed by atoms with Gasteiger partial charge < -0.3 is 10.7 Å². The van der Waals surface area contributed by atoms with E-state index < -0.39 is 0 Å². The molecule has 2 unspecified atom stereocenters. The van der Waals surface area contributed by atoms with Crippen LogP contribution >= 0.6 is 0 Å². The molecule has 5 rings (SSSR count). The van der Waals surface area contributed by atoms with Gasteiger partial charge in [-0.3, -0.25) is 9.89 Å². The van der Waals surface area contributed by atoms with Crippen LogP contribution in [0.1, 0.15) is 24.2 Å². The molecule has 29 heavy (non-hydrogen) atoms. The highest BCUT2D eigenvalue weighted by Gasteiger charge is 2.27. The third kappa shape index (κ3) is 3.74. The van der Waals surface area contributed by atoms with E-state index in [0.29, 0.717) is 12.1 Å². The summed E-state index contributed by atoms with van der Waals surface area (Å²) in [5, 5.41) is 0. The Hall–Kier alpha value is -3.18. The van der Waals surface area contributed by atoms with Crippen molar-refractivity contribution in [1.29, 1.82) is 0 Å². The number of rotatable bonds is 5. The molecule has 3 aromatic rings. The minimum absolute atomic E-state index is 0.311. The Labute approximate surface area is 170 Å². The number of aliphatic imine (C=N–C) groups is 1. The molecular formula is C24H25N5. The summed E-state index contributed by atoms with van der Waals surface area (Å²) in [6, 6.07) is 17.0. The van der Waals surface area contributed by atoms with E-state index >= 15 is 0 Å². The number of hydrogen-bond donors (Lipinski definition) is 2. The zero-order valence-electron chi connectivity index (χ0n) is 16.3. The lowest BCUT2D eigenvalue weighted by atomic mass is 9.89. The molecule has 3 N–H and O–H groups in total. The van der Waals surface area contributed by atoms with Crippen molar-refractivity contribution in [3.05, 3.63) is 83.7 Å². The van der Waals surface area contributed by atoms with E-state index in [-0.39, 0.29) is 0 Å². The number of nitrogens with one attached hydrogen (secondary N) is 1. The van der Waals surface area contributed by atoms with Crippen molar-refractivity contribution < 1.29 is 0 Å². The summed E-state index contributed by atoms with van der Waals surface area (Å²) in [4.78, 5) is 15.4. The Bertz CT molecular complexity index is 1070. The normalized spacial score (nSPS) is 20.8. The van der Waals surface area contributed by atoms with Gasteiger partial charge in [0, 0.05) is 24.5 Å². The lowest BCUT2D eigenvalue weighted by Gasteiger charge is -2.34. The maximum absolute atomic E-state index is 6.26. The summed E-state index contributed by atoms with van der Waals surface area (Å²) in [6.45, 7) is 1.53. The van der Waals surface area contributed by atoms with Gasteiger partial charge in [0.05, 0.1) is 23.6 Å². The molecule has 5 nitrogen and oxygen atoms in total. The van der Waals surface area contributed by atoms with Crippen molar-refractivity contribution >= 4 is 22.9 Å². The summed E-state index contributed by atoms with van der Waals surface area (Å²) in [5.41, 5.74) is 11.7. The van der Waals surface area contributed by atoms with E-state index in [9.17, 15) is 0 Å². The number of nitrogens with zero attached hydrogens (tertiary/aromatic N) is 3. The highest BCUT2D eigenvalue weighted by atomic mass is 15.2. The molecule has 0 radical (unpaired) electrons. The molecule has 0 fully saturated rings. The third-order valence-corrected chi connectivity index (χ3v) is 5.84. The monoisotopic (exact) mass is 383 g/mol. The molecule has 0 bridgehead atoms. The van der Waals surface area contributed by atoms with E-state index in [1.807, 2.05) is 42.6 Å². The maximum Gasteiger partial charge on any atom is 0.121 e. The van der Waals surface area contributed by atoms with Gasteiger partial charge in [0.25, 0.3) is 0 Å². The fourth-order valence-electron chi connectivity index (χ4n) is 4.30. The number of allylic oxidation sites excluding steroid dienone is 1. The van der Waals surface area contributed by atoms with Crippen LogP contribution in [0.5, 0.6) is 0 Å². The zero-order valence-corrected chi connectivity index (χ0v) is 16.3. The first-order valence-electron chi connectivity index (χ1n) is 10.2. The molecule has 1 aliphatic heterocycles. The number of nitrogens with two attached hydrogens (primary N) is 1. The smallest absolute Gasteiger partial charge is 0.121 e. The summed E-state index contributed by atoms with van der Waals surface area (Å²) in [5.74, 6) is 0.985. The van der Waals surface area contributed by atoms with Gasteiger partial charge >= 0.3 is 0 Å². The van der Waals surface area contributed by atoms with Gasteiger partial charge in [-0.05, 0) is 48.3 Å². The van der Waals surface area contributed by atoms with Gasteiger partial charge in [-0.1, -0.05) is 42.5 Å². The molecule has 1 aliphatic carbocycles. The number of imidazole rings is 1. The molecule has 0 saturated carbocycles. The van der Waals surface area contributed by atoms with Crippen LogP contribution in [0.25, 0.3) is 11.0 Å². The number of aromatic nitrogens is 2. The van der Waals surface area contributed by atoms with E-state index in [2.05, 4.69) is 45.2 Å². The fourth-order valence-corrected chi connectivity index (χ4v) is 4.30. The van der Waals surface area contributed by atoms with Gasteiger partial charge in [0.2, 0.25) is 0 Å². The Balaban J connectivity index is 1.46. The number of dihydropyridines is 1. The predicted molar refractivity (Wildman–Crippen MR) is 119 cm³/mol. The quantitative estimate of drug-likeness (QED) is 0.647. The van der Waals surface area contributed by atoms with Crippen LogP contribution in [0.4, 0.5) is 5.69 Å². The summed E-state index contributed by atoms with van der Waals surface area (Å²) in [6.07, 6.45) is 10.7. The van der Waals surface area contributed by atoms with Gasteiger partial charge in [-0.25, -0.2) is 4.98 Å². The fraction of sp³-hybridized carbons (Fsp3) is 0.250. The van der Waals surface area contributed by atoms with Crippen LogP contribution in [0.2, 0.25) is 0 Å². The van der Waals surface area contributed by atoms with Crippen LogP contribution in [-0.4, -0.2) is 33.2 Å². The number of hydrogen-bond acceptors (Lipinski definition) is 4. The first kappa shape index (κ1) is 17.9. The number of anilines is 1. The minimum atomic E-state index is 0.311. The summed E-state index contributed by atoms with van der Waals surface area (Å²) >= 11 is 0. The van der Waals surface area contributed by atoms with Crippen LogP contribution in [0.15, 0.2) is 77.3 Å². The topological polar surface area (TPSA) is 70.3 Å². The van der Waals surface area contributed by atoms with Crippen molar-refractivity contribution in [2.45, 2.75) is 38.0 Å². The van der Waals surface area contributed by atoms with E-state index in [1.54, 1.807) is 0 Å². The number of aromatic amines is 1. The molecule has 0 amide bonds. The Morgan fingerprint density at radius 1 is 1.03 bits per heavy atom. The second-order valence-electron chi connectivity index (χ2n) is 7.79. The largest absolute Gasteiger partial charge is 0.398 e. The predicted octanol–water partition coefficient (Wildman–Crippen LogP) is 4.25. The summed E-state index contributed by atoms with van der Waals surface area (Å²) in [7, 11) is 0. The maximum atomic E-state index is 6.26. The molecule has 2 heterocycles. The number of para-hydroxylation sites is 3. The van der Waals surface area contributed by atoms with Crippen LogP contribution in [0.3, 0.4) is 0 Å². The Morgan fingerprint density at radius 2 is 1.90 bits per heavy atom.